The van der Waals surface area contributed by atoms with Gasteiger partial charge >= 0.3 is 0 Å². The van der Waals surface area contributed by atoms with Gasteiger partial charge in [-0.25, -0.2) is 8.78 Å². The lowest BCUT2D eigenvalue weighted by molar-refractivity contribution is 0.0290. The van der Waals surface area contributed by atoms with Gasteiger partial charge in [0.1, 0.15) is 0 Å². The summed E-state index contributed by atoms with van der Waals surface area (Å²) in [6, 6.07) is 0. The van der Waals surface area contributed by atoms with Gasteiger partial charge in [-0.3, -0.25) is 0 Å². The van der Waals surface area contributed by atoms with E-state index in [4.69, 9.17) is 5.11 Å². The third kappa shape index (κ3) is 0.509. The Kier molecular flexibility index (Phi) is 0.799. The lowest BCUT2D eigenvalue weighted by atomic mass is 10.2. The molecule has 9 heavy (non-hydrogen) atoms. The molecule has 2 aliphatic rings. The molecule has 0 aromatic carbocycles. The number of aliphatic hydroxyl groups is 1. The van der Waals surface area contributed by atoms with E-state index in [9.17, 15) is 8.78 Å². The molecule has 0 radical (unpaired) electrons. The average Bonchev–Trinajstić information content (AvgIpc) is 2.19. The van der Waals surface area contributed by atoms with Gasteiger partial charge < -0.3 is 5.11 Å². The second-order valence-corrected chi connectivity index (χ2v) is 2.95. The summed E-state index contributed by atoms with van der Waals surface area (Å²) in [6.45, 7) is 0. The lowest BCUT2D eigenvalue weighted by Crippen LogP contribution is -2.13. The first-order valence-corrected chi connectivity index (χ1v) is 3.20. The first kappa shape index (κ1) is 5.59. The molecule has 0 heterocycles. The number of hydrogen-bond donors (Lipinski definition) is 1. The van der Waals surface area contributed by atoms with Crippen LogP contribution in [0, 0.1) is 11.8 Å². The van der Waals surface area contributed by atoms with Crippen LogP contribution in [0.15, 0.2) is 0 Å². The second kappa shape index (κ2) is 1.29. The Hall–Kier alpha value is -0.180. The number of alkyl halides is 2. The number of halogens is 2. The molecule has 2 rings (SSSR count). The predicted molar refractivity (Wildman–Crippen MR) is 27.2 cm³/mol. The zero-order valence-electron chi connectivity index (χ0n) is 4.85. The smallest absolute Gasteiger partial charge is 0.257 e. The van der Waals surface area contributed by atoms with Crippen molar-refractivity contribution in [3.05, 3.63) is 0 Å². The monoisotopic (exact) mass is 134 g/mol. The molecule has 2 aliphatic carbocycles. The molecule has 0 aliphatic heterocycles. The fraction of sp³-hybridized carbons (Fsp3) is 1.00. The van der Waals surface area contributed by atoms with Crippen molar-refractivity contribution in [2.75, 3.05) is 0 Å². The molecule has 52 valence electrons. The molecule has 0 aromatic rings. The Balaban J connectivity index is 2.14. The molecular formula is C6H8F2O. The summed E-state index contributed by atoms with van der Waals surface area (Å²) in [5, 5.41) is 8.89. The molecule has 0 bridgehead atoms. The van der Waals surface area contributed by atoms with E-state index in [1.165, 1.54) is 0 Å². The largest absolute Gasteiger partial charge is 0.393 e. The third-order valence-electron chi connectivity index (χ3n) is 2.45. The minimum Gasteiger partial charge on any atom is -0.393 e. The van der Waals surface area contributed by atoms with Crippen molar-refractivity contribution in [1.82, 2.24) is 0 Å². The summed E-state index contributed by atoms with van der Waals surface area (Å²) in [7, 11) is 0. The molecule has 0 saturated heterocycles. The number of hydrogen-bond acceptors (Lipinski definition) is 1. The quantitative estimate of drug-likeness (QED) is 0.524. The maximum atomic E-state index is 12.3. The Morgan fingerprint density at radius 3 is 2.22 bits per heavy atom. The molecule has 0 unspecified atom stereocenters. The molecule has 3 heteroatoms. The molecule has 2 fully saturated rings. The molecular weight excluding hydrogens is 126 g/mol. The predicted octanol–water partition coefficient (Wildman–Crippen LogP) is 1.02. The van der Waals surface area contributed by atoms with Crippen LogP contribution < -0.4 is 0 Å². The second-order valence-electron chi connectivity index (χ2n) is 2.95. The minimum atomic E-state index is -2.52. The highest BCUT2D eigenvalue weighted by molar-refractivity contribution is 5.12. The summed E-state index contributed by atoms with van der Waals surface area (Å²) >= 11 is 0. The average molecular weight is 134 g/mol. The van der Waals surface area contributed by atoms with Crippen LogP contribution in [0.4, 0.5) is 8.78 Å². The van der Waals surface area contributed by atoms with Crippen molar-refractivity contribution in [2.45, 2.75) is 24.9 Å². The summed E-state index contributed by atoms with van der Waals surface area (Å²) in [4.78, 5) is 0. The van der Waals surface area contributed by atoms with Gasteiger partial charge in [0.2, 0.25) is 0 Å². The van der Waals surface area contributed by atoms with E-state index in [2.05, 4.69) is 0 Å². The van der Waals surface area contributed by atoms with Gasteiger partial charge in [-0.15, -0.1) is 0 Å². The molecule has 0 spiro atoms. The van der Waals surface area contributed by atoms with E-state index in [0.717, 1.165) is 0 Å². The van der Waals surface area contributed by atoms with Gasteiger partial charge in [0.25, 0.3) is 5.92 Å². The SMILES string of the molecule is O[C@@H]1CC[C@@H]2[C@H]1C2(F)F. The fourth-order valence-corrected chi connectivity index (χ4v) is 1.84. The van der Waals surface area contributed by atoms with E-state index in [1.807, 2.05) is 0 Å². The van der Waals surface area contributed by atoms with Crippen LogP contribution in [0.2, 0.25) is 0 Å². The molecule has 3 atom stereocenters. The first-order chi connectivity index (χ1) is 4.14. The van der Waals surface area contributed by atoms with E-state index in [0.29, 0.717) is 12.8 Å². The van der Waals surface area contributed by atoms with Crippen molar-refractivity contribution in [3.63, 3.8) is 0 Å². The first-order valence-electron chi connectivity index (χ1n) is 3.20. The van der Waals surface area contributed by atoms with E-state index >= 15 is 0 Å². The van der Waals surface area contributed by atoms with Crippen LogP contribution >= 0.6 is 0 Å². The lowest BCUT2D eigenvalue weighted by Gasteiger charge is -2.04. The molecule has 0 aromatic heterocycles. The van der Waals surface area contributed by atoms with Gasteiger partial charge in [-0.1, -0.05) is 0 Å². The van der Waals surface area contributed by atoms with Crippen molar-refractivity contribution >= 4 is 0 Å². The van der Waals surface area contributed by atoms with E-state index in [-0.39, 0.29) is 0 Å². The van der Waals surface area contributed by atoms with E-state index in [1.54, 1.807) is 0 Å². The van der Waals surface area contributed by atoms with Gasteiger partial charge in [-0.2, -0.15) is 0 Å². The summed E-state index contributed by atoms with van der Waals surface area (Å²) in [5.74, 6) is -3.68. The highest BCUT2D eigenvalue weighted by atomic mass is 19.3. The highest BCUT2D eigenvalue weighted by Gasteiger charge is 2.73. The van der Waals surface area contributed by atoms with Crippen LogP contribution in [0.5, 0.6) is 0 Å². The van der Waals surface area contributed by atoms with Crippen molar-refractivity contribution < 1.29 is 13.9 Å². The maximum absolute atomic E-state index is 12.3. The Labute approximate surface area is 51.7 Å². The van der Waals surface area contributed by atoms with Crippen LogP contribution in [0.1, 0.15) is 12.8 Å². The normalized spacial score (nSPS) is 53.0. The van der Waals surface area contributed by atoms with Crippen molar-refractivity contribution in [3.8, 4) is 0 Å². The van der Waals surface area contributed by atoms with Crippen LogP contribution in [0.3, 0.4) is 0 Å². The van der Waals surface area contributed by atoms with Crippen molar-refractivity contribution in [1.29, 1.82) is 0 Å². The maximum Gasteiger partial charge on any atom is 0.257 e. The number of rotatable bonds is 0. The summed E-state index contributed by atoms with van der Waals surface area (Å²) in [5.41, 5.74) is 0. The molecule has 0 amide bonds. The standard InChI is InChI=1S/C6H8F2O/c7-6(8)3-1-2-4(9)5(3)6/h3-5,9H,1-2H2/t3-,4-,5-/m1/s1. The highest BCUT2D eigenvalue weighted by Crippen LogP contribution is 2.63. The van der Waals surface area contributed by atoms with Crippen LogP contribution in [-0.4, -0.2) is 17.1 Å². The Bertz CT molecular complexity index is 146. The topological polar surface area (TPSA) is 20.2 Å². The van der Waals surface area contributed by atoms with Crippen LogP contribution in [0.25, 0.3) is 0 Å². The Morgan fingerprint density at radius 1 is 1.33 bits per heavy atom. The molecule has 2 saturated carbocycles. The molecule has 1 N–H and O–H groups in total. The number of aliphatic hydroxyl groups excluding tert-OH is 1. The van der Waals surface area contributed by atoms with Gasteiger partial charge in [0.05, 0.1) is 12.0 Å². The minimum absolute atomic E-state index is 0.479. The zero-order chi connectivity index (χ0) is 6.65. The summed E-state index contributed by atoms with van der Waals surface area (Å²) < 4.78 is 24.7. The summed E-state index contributed by atoms with van der Waals surface area (Å²) in [6.07, 6.45) is 0.369. The van der Waals surface area contributed by atoms with Gasteiger partial charge in [-0.05, 0) is 12.8 Å². The van der Waals surface area contributed by atoms with Gasteiger partial charge in [0, 0.05) is 5.92 Å². The van der Waals surface area contributed by atoms with Crippen LogP contribution in [-0.2, 0) is 0 Å². The van der Waals surface area contributed by atoms with E-state index < -0.39 is 23.9 Å². The number of fused-ring (bicyclic) bond motifs is 1. The zero-order valence-corrected chi connectivity index (χ0v) is 4.85. The Morgan fingerprint density at radius 2 is 2.00 bits per heavy atom. The van der Waals surface area contributed by atoms with Gasteiger partial charge in [0.15, 0.2) is 0 Å². The fourth-order valence-electron chi connectivity index (χ4n) is 1.84. The third-order valence-corrected chi connectivity index (χ3v) is 2.45. The molecule has 1 nitrogen and oxygen atoms in total. The van der Waals surface area contributed by atoms with Crippen molar-refractivity contribution in [2.24, 2.45) is 11.8 Å².